The molecule has 1 aromatic heterocycles. The fourth-order valence-corrected chi connectivity index (χ4v) is 1.70. The maximum atomic E-state index is 11.9. The molecule has 16 heavy (non-hydrogen) atoms. The topological polar surface area (TPSA) is 53.2 Å². The van der Waals surface area contributed by atoms with E-state index in [0.29, 0.717) is 16.7 Å². The van der Waals surface area contributed by atoms with Crippen molar-refractivity contribution in [2.75, 3.05) is 7.11 Å². The van der Waals surface area contributed by atoms with Crippen LogP contribution in [0.4, 0.5) is 0 Å². The lowest BCUT2D eigenvalue weighted by Crippen LogP contribution is -2.36. The van der Waals surface area contributed by atoms with Gasteiger partial charge in [0.2, 0.25) is 0 Å². The number of aryl methyl sites for hydroxylation is 1. The second kappa shape index (κ2) is 3.52. The highest BCUT2D eigenvalue weighted by molar-refractivity contribution is 5.79. The van der Waals surface area contributed by atoms with Crippen LogP contribution >= 0.6 is 0 Å². The first kappa shape index (κ1) is 10.5. The molecule has 0 aliphatic rings. The van der Waals surface area contributed by atoms with E-state index in [1.807, 2.05) is 0 Å². The lowest BCUT2D eigenvalue weighted by atomic mass is 10.2. The maximum absolute atomic E-state index is 11.9. The van der Waals surface area contributed by atoms with Crippen molar-refractivity contribution >= 4 is 10.9 Å². The Labute approximate surface area is 91.5 Å². The number of ether oxygens (including phenoxy) is 1. The van der Waals surface area contributed by atoms with Crippen molar-refractivity contribution in [2.24, 2.45) is 14.1 Å². The van der Waals surface area contributed by atoms with E-state index in [1.165, 1.54) is 18.7 Å². The summed E-state index contributed by atoms with van der Waals surface area (Å²) in [5, 5.41) is 0.476. The van der Waals surface area contributed by atoms with Gasteiger partial charge < -0.3 is 4.74 Å². The van der Waals surface area contributed by atoms with E-state index in [-0.39, 0.29) is 11.2 Å². The van der Waals surface area contributed by atoms with Crippen LogP contribution in [0, 0.1) is 0 Å². The third-order valence-electron chi connectivity index (χ3n) is 2.67. The van der Waals surface area contributed by atoms with Crippen LogP contribution in [0.15, 0.2) is 27.8 Å². The summed E-state index contributed by atoms with van der Waals surface area (Å²) >= 11 is 0. The van der Waals surface area contributed by atoms with Gasteiger partial charge >= 0.3 is 5.69 Å². The monoisotopic (exact) mass is 220 g/mol. The fraction of sp³-hybridized carbons (Fsp3) is 0.273. The van der Waals surface area contributed by atoms with Crippen molar-refractivity contribution < 1.29 is 4.74 Å². The molecule has 0 N–H and O–H groups in total. The second-order valence-electron chi connectivity index (χ2n) is 3.59. The van der Waals surface area contributed by atoms with Crippen LogP contribution in [0.5, 0.6) is 5.75 Å². The maximum Gasteiger partial charge on any atom is 0.330 e. The zero-order chi connectivity index (χ0) is 11.9. The molecule has 0 aliphatic carbocycles. The Bertz CT molecular complexity index is 667. The molecule has 5 heteroatoms. The van der Waals surface area contributed by atoms with Crippen molar-refractivity contribution in [3.63, 3.8) is 0 Å². The lowest BCUT2D eigenvalue weighted by molar-refractivity contribution is 0.415. The standard InChI is InChI=1S/C11H12N2O3/c1-12-9-5-4-7(16-3)6-8(9)10(14)13(2)11(12)15/h4-6H,1-3H3. The van der Waals surface area contributed by atoms with Crippen LogP contribution in [-0.4, -0.2) is 16.2 Å². The molecule has 0 saturated heterocycles. The van der Waals surface area contributed by atoms with Gasteiger partial charge in [-0.1, -0.05) is 0 Å². The minimum absolute atomic E-state index is 0.308. The molecule has 0 radical (unpaired) electrons. The van der Waals surface area contributed by atoms with E-state index in [9.17, 15) is 9.59 Å². The molecule has 84 valence electrons. The van der Waals surface area contributed by atoms with Crippen LogP contribution in [0.2, 0.25) is 0 Å². The quantitative estimate of drug-likeness (QED) is 0.692. The average molecular weight is 220 g/mol. The molecule has 5 nitrogen and oxygen atoms in total. The Balaban J connectivity index is 3.03. The van der Waals surface area contributed by atoms with Gasteiger partial charge in [-0.25, -0.2) is 4.79 Å². The SMILES string of the molecule is COc1ccc2c(c1)c(=O)n(C)c(=O)n2C. The highest BCUT2D eigenvalue weighted by atomic mass is 16.5. The Morgan fingerprint density at radius 3 is 2.44 bits per heavy atom. The summed E-state index contributed by atoms with van der Waals surface area (Å²) in [4.78, 5) is 23.5. The van der Waals surface area contributed by atoms with Crippen molar-refractivity contribution in [1.29, 1.82) is 0 Å². The zero-order valence-electron chi connectivity index (χ0n) is 9.35. The highest BCUT2D eigenvalue weighted by Crippen LogP contribution is 2.15. The van der Waals surface area contributed by atoms with E-state index in [4.69, 9.17) is 4.74 Å². The van der Waals surface area contributed by atoms with Crippen molar-refractivity contribution in [1.82, 2.24) is 9.13 Å². The largest absolute Gasteiger partial charge is 0.497 e. The summed E-state index contributed by atoms with van der Waals surface area (Å²) in [6.07, 6.45) is 0. The molecule has 0 amide bonds. The van der Waals surface area contributed by atoms with Gasteiger partial charge in [-0.15, -0.1) is 0 Å². The van der Waals surface area contributed by atoms with Crippen LogP contribution in [0.3, 0.4) is 0 Å². The van der Waals surface area contributed by atoms with Gasteiger partial charge in [0.1, 0.15) is 5.75 Å². The van der Waals surface area contributed by atoms with Gasteiger partial charge in [0.25, 0.3) is 5.56 Å². The predicted octanol–water partition coefficient (Wildman–Crippen LogP) is 0.246. The fourth-order valence-electron chi connectivity index (χ4n) is 1.70. The number of methoxy groups -OCH3 is 1. The van der Waals surface area contributed by atoms with E-state index in [2.05, 4.69) is 0 Å². The smallest absolute Gasteiger partial charge is 0.330 e. The number of rotatable bonds is 1. The Kier molecular flexibility index (Phi) is 2.30. The zero-order valence-corrected chi connectivity index (χ0v) is 9.35. The molecule has 1 aromatic carbocycles. The van der Waals surface area contributed by atoms with Gasteiger partial charge in [0.05, 0.1) is 18.0 Å². The van der Waals surface area contributed by atoms with E-state index < -0.39 is 0 Å². The predicted molar refractivity (Wildman–Crippen MR) is 61.0 cm³/mol. The molecule has 0 fully saturated rings. The normalized spacial score (nSPS) is 10.7. The average Bonchev–Trinajstić information content (AvgIpc) is 2.33. The Morgan fingerprint density at radius 1 is 1.12 bits per heavy atom. The van der Waals surface area contributed by atoms with Gasteiger partial charge in [-0.2, -0.15) is 0 Å². The third kappa shape index (κ3) is 1.32. The summed E-state index contributed by atoms with van der Waals surface area (Å²) in [6.45, 7) is 0. The first-order valence-electron chi connectivity index (χ1n) is 4.80. The highest BCUT2D eigenvalue weighted by Gasteiger charge is 2.08. The second-order valence-corrected chi connectivity index (χ2v) is 3.59. The number of fused-ring (bicyclic) bond motifs is 1. The van der Waals surface area contributed by atoms with Crippen LogP contribution in [0.25, 0.3) is 10.9 Å². The number of nitrogens with zero attached hydrogens (tertiary/aromatic N) is 2. The van der Waals surface area contributed by atoms with E-state index in [0.717, 1.165) is 4.57 Å². The molecular weight excluding hydrogens is 208 g/mol. The van der Waals surface area contributed by atoms with Crippen LogP contribution in [-0.2, 0) is 14.1 Å². The van der Waals surface area contributed by atoms with Crippen molar-refractivity contribution in [2.45, 2.75) is 0 Å². The van der Waals surface area contributed by atoms with E-state index in [1.54, 1.807) is 25.2 Å². The van der Waals surface area contributed by atoms with Crippen LogP contribution in [0.1, 0.15) is 0 Å². The first-order chi connectivity index (χ1) is 7.56. The van der Waals surface area contributed by atoms with Gasteiger partial charge in [0, 0.05) is 14.1 Å². The summed E-state index contributed by atoms with van der Waals surface area (Å²) < 4.78 is 7.58. The Hall–Kier alpha value is -2.04. The molecule has 0 spiro atoms. The number of hydrogen-bond acceptors (Lipinski definition) is 3. The Morgan fingerprint density at radius 2 is 1.81 bits per heavy atom. The summed E-state index contributed by atoms with van der Waals surface area (Å²) in [6, 6.07) is 5.06. The summed E-state index contributed by atoms with van der Waals surface area (Å²) in [5.41, 5.74) is -0.0337. The van der Waals surface area contributed by atoms with Crippen molar-refractivity contribution in [3.05, 3.63) is 39.0 Å². The minimum atomic E-state index is -0.331. The van der Waals surface area contributed by atoms with Gasteiger partial charge in [-0.3, -0.25) is 13.9 Å². The molecule has 0 unspecified atom stereocenters. The van der Waals surface area contributed by atoms with E-state index >= 15 is 0 Å². The molecule has 2 rings (SSSR count). The molecule has 0 bridgehead atoms. The lowest BCUT2D eigenvalue weighted by Gasteiger charge is -2.08. The molecule has 0 atom stereocenters. The van der Waals surface area contributed by atoms with Crippen molar-refractivity contribution in [3.8, 4) is 5.75 Å². The summed E-state index contributed by atoms with van der Waals surface area (Å²) in [5.74, 6) is 0.600. The molecule has 1 heterocycles. The number of benzene rings is 1. The minimum Gasteiger partial charge on any atom is -0.497 e. The molecule has 2 aromatic rings. The molecule has 0 saturated carbocycles. The van der Waals surface area contributed by atoms with Gasteiger partial charge in [0.15, 0.2) is 0 Å². The van der Waals surface area contributed by atoms with Gasteiger partial charge in [-0.05, 0) is 18.2 Å². The third-order valence-corrected chi connectivity index (χ3v) is 2.67. The number of aromatic nitrogens is 2. The summed E-state index contributed by atoms with van der Waals surface area (Å²) in [7, 11) is 4.63. The molecule has 0 aliphatic heterocycles. The first-order valence-corrected chi connectivity index (χ1v) is 4.80. The van der Waals surface area contributed by atoms with Crippen LogP contribution < -0.4 is 16.0 Å². The molecular formula is C11H12N2O3. The number of hydrogen-bond donors (Lipinski definition) is 0.